The number of carbonyl (C=O) groups excluding carboxylic acids is 4. The highest BCUT2D eigenvalue weighted by Gasteiger charge is 2.33. The lowest BCUT2D eigenvalue weighted by molar-refractivity contribution is -0.148. The van der Waals surface area contributed by atoms with Crippen molar-refractivity contribution in [2.75, 3.05) is 32.7 Å². The van der Waals surface area contributed by atoms with Gasteiger partial charge in [0.25, 0.3) is 5.91 Å². The molecule has 4 amide bonds. The average molecular weight is 409 g/mol. The largest absolute Gasteiger partial charge is 0.481 e. The van der Waals surface area contributed by atoms with E-state index in [4.69, 9.17) is 4.74 Å². The molecular formula is C19H21F2N3O5. The molecule has 1 aromatic carbocycles. The Morgan fingerprint density at radius 2 is 1.59 bits per heavy atom. The third kappa shape index (κ3) is 4.69. The van der Waals surface area contributed by atoms with Gasteiger partial charge in [0.1, 0.15) is 12.3 Å². The predicted molar refractivity (Wildman–Crippen MR) is 95.6 cm³/mol. The van der Waals surface area contributed by atoms with Crippen molar-refractivity contribution in [1.82, 2.24) is 14.7 Å². The number of amides is 4. The van der Waals surface area contributed by atoms with E-state index in [9.17, 15) is 28.0 Å². The van der Waals surface area contributed by atoms with Crippen LogP contribution in [0.15, 0.2) is 18.2 Å². The summed E-state index contributed by atoms with van der Waals surface area (Å²) >= 11 is 0. The molecule has 10 heteroatoms. The van der Waals surface area contributed by atoms with Gasteiger partial charge in [0.2, 0.25) is 17.7 Å². The number of halogens is 2. The third-order valence-corrected chi connectivity index (χ3v) is 4.94. The summed E-state index contributed by atoms with van der Waals surface area (Å²) in [6, 6.07) is 3.03. The van der Waals surface area contributed by atoms with E-state index in [1.807, 2.05) is 0 Å². The van der Waals surface area contributed by atoms with E-state index in [2.05, 4.69) is 0 Å². The molecule has 2 aliphatic rings. The third-order valence-electron chi connectivity index (χ3n) is 4.94. The summed E-state index contributed by atoms with van der Waals surface area (Å²) in [5.74, 6) is -3.41. The van der Waals surface area contributed by atoms with Gasteiger partial charge < -0.3 is 14.5 Å². The van der Waals surface area contributed by atoms with E-state index < -0.39 is 17.7 Å². The van der Waals surface area contributed by atoms with Crippen molar-refractivity contribution in [3.8, 4) is 5.75 Å². The molecule has 0 aliphatic carbocycles. The van der Waals surface area contributed by atoms with Crippen molar-refractivity contribution in [1.29, 1.82) is 0 Å². The van der Waals surface area contributed by atoms with Gasteiger partial charge in [-0.3, -0.25) is 24.1 Å². The van der Waals surface area contributed by atoms with Crippen LogP contribution in [0.4, 0.5) is 8.78 Å². The number of hydrogen-bond donors (Lipinski definition) is 0. The van der Waals surface area contributed by atoms with Crippen LogP contribution in [0.25, 0.3) is 0 Å². The van der Waals surface area contributed by atoms with Crippen LogP contribution in [0.1, 0.15) is 19.8 Å². The summed E-state index contributed by atoms with van der Waals surface area (Å²) in [6.45, 7) is 2.28. The zero-order chi connectivity index (χ0) is 21.1. The Hall–Kier alpha value is -3.04. The second kappa shape index (κ2) is 8.54. The number of imide groups is 1. The number of ether oxygens (including phenoxy) is 1. The summed E-state index contributed by atoms with van der Waals surface area (Å²) < 4.78 is 31.6. The summed E-state index contributed by atoms with van der Waals surface area (Å²) in [5.41, 5.74) is 0. The second-order valence-electron chi connectivity index (χ2n) is 6.92. The van der Waals surface area contributed by atoms with E-state index in [0.717, 1.165) is 17.0 Å². The lowest BCUT2D eigenvalue weighted by Gasteiger charge is -2.36. The van der Waals surface area contributed by atoms with Crippen molar-refractivity contribution in [2.45, 2.75) is 25.9 Å². The molecule has 2 aliphatic heterocycles. The Balaban J connectivity index is 1.49. The number of likely N-dealkylation sites (tertiary alicyclic amines) is 1. The molecule has 156 valence electrons. The number of piperazine rings is 1. The van der Waals surface area contributed by atoms with Gasteiger partial charge in [-0.25, -0.2) is 8.78 Å². The van der Waals surface area contributed by atoms with E-state index in [0.29, 0.717) is 0 Å². The topological polar surface area (TPSA) is 87.2 Å². The highest BCUT2D eigenvalue weighted by Crippen LogP contribution is 2.18. The maximum absolute atomic E-state index is 13.3. The van der Waals surface area contributed by atoms with Crippen LogP contribution in [-0.4, -0.2) is 77.2 Å². The number of nitrogens with zero attached hydrogens (tertiary/aromatic N) is 3. The highest BCUT2D eigenvalue weighted by molar-refractivity contribution is 6.04. The molecule has 2 heterocycles. The Morgan fingerprint density at radius 3 is 2.17 bits per heavy atom. The first kappa shape index (κ1) is 20.7. The first-order valence-electron chi connectivity index (χ1n) is 9.27. The molecule has 1 aromatic rings. The van der Waals surface area contributed by atoms with Crippen molar-refractivity contribution in [3.63, 3.8) is 0 Å². The molecule has 0 radical (unpaired) electrons. The van der Waals surface area contributed by atoms with E-state index in [-0.39, 0.29) is 74.9 Å². The zero-order valence-corrected chi connectivity index (χ0v) is 15.9. The first-order valence-corrected chi connectivity index (χ1v) is 9.27. The molecule has 3 rings (SSSR count). The number of rotatable bonds is 5. The minimum atomic E-state index is -1.07. The fraction of sp³-hybridized carbons (Fsp3) is 0.474. The van der Waals surface area contributed by atoms with Crippen molar-refractivity contribution in [3.05, 3.63) is 29.8 Å². The molecule has 29 heavy (non-hydrogen) atoms. The number of hydrogen-bond acceptors (Lipinski definition) is 5. The standard InChI is InChI=1S/C19H21F2N3O5/c1-12(29-13-2-3-14(20)15(21)10-13)19(28)23-8-6-22(7-9-23)18(27)11-24-16(25)4-5-17(24)26/h2-3,10,12H,4-9,11H2,1H3. The highest BCUT2D eigenvalue weighted by atomic mass is 19.2. The Kier molecular flexibility index (Phi) is 6.09. The van der Waals surface area contributed by atoms with Gasteiger partial charge in [0, 0.05) is 45.1 Å². The van der Waals surface area contributed by atoms with Crippen LogP contribution >= 0.6 is 0 Å². The number of benzene rings is 1. The quantitative estimate of drug-likeness (QED) is 0.663. The van der Waals surface area contributed by atoms with E-state index >= 15 is 0 Å². The van der Waals surface area contributed by atoms with Crippen molar-refractivity contribution < 1.29 is 32.7 Å². The van der Waals surface area contributed by atoms with Gasteiger partial charge in [0.15, 0.2) is 17.7 Å². The predicted octanol–water partition coefficient (Wildman–Crippen LogP) is 0.552. The summed E-state index contributed by atoms with van der Waals surface area (Å²) in [4.78, 5) is 52.1. The summed E-state index contributed by atoms with van der Waals surface area (Å²) in [7, 11) is 0. The molecule has 0 aromatic heterocycles. The Morgan fingerprint density at radius 1 is 1.00 bits per heavy atom. The van der Waals surface area contributed by atoms with Gasteiger partial charge >= 0.3 is 0 Å². The Labute approximate surface area is 166 Å². The SMILES string of the molecule is CC(Oc1ccc(F)c(F)c1)C(=O)N1CCN(C(=O)CN2C(=O)CCC2=O)CC1. The first-order chi connectivity index (χ1) is 13.8. The van der Waals surface area contributed by atoms with Crippen LogP contribution < -0.4 is 4.74 Å². The van der Waals surface area contributed by atoms with E-state index in [1.54, 1.807) is 0 Å². The molecule has 2 fully saturated rings. The summed E-state index contributed by atoms with van der Waals surface area (Å²) in [5, 5.41) is 0. The van der Waals surface area contributed by atoms with Crippen molar-refractivity contribution in [2.24, 2.45) is 0 Å². The molecule has 0 bridgehead atoms. The minimum absolute atomic E-state index is 0.0403. The van der Waals surface area contributed by atoms with Gasteiger partial charge in [0.05, 0.1) is 0 Å². The zero-order valence-electron chi connectivity index (χ0n) is 15.9. The Bertz CT molecular complexity index is 823. The van der Waals surface area contributed by atoms with Gasteiger partial charge in [-0.2, -0.15) is 0 Å². The molecule has 1 atom stereocenters. The molecule has 0 spiro atoms. The molecule has 1 unspecified atom stereocenters. The van der Waals surface area contributed by atoms with Gasteiger partial charge in [-0.15, -0.1) is 0 Å². The van der Waals surface area contributed by atoms with Crippen LogP contribution in [0, 0.1) is 11.6 Å². The minimum Gasteiger partial charge on any atom is -0.481 e. The average Bonchev–Trinajstić information content (AvgIpc) is 3.02. The fourth-order valence-corrected chi connectivity index (χ4v) is 3.27. The van der Waals surface area contributed by atoms with Crippen LogP contribution in [0.2, 0.25) is 0 Å². The molecule has 2 saturated heterocycles. The van der Waals surface area contributed by atoms with Crippen molar-refractivity contribution >= 4 is 23.6 Å². The fourth-order valence-electron chi connectivity index (χ4n) is 3.27. The monoisotopic (exact) mass is 409 g/mol. The maximum Gasteiger partial charge on any atom is 0.263 e. The molecule has 0 N–H and O–H groups in total. The molecule has 0 saturated carbocycles. The normalized spacial score (nSPS) is 18.2. The maximum atomic E-state index is 13.3. The van der Waals surface area contributed by atoms with E-state index in [1.165, 1.54) is 22.8 Å². The lowest BCUT2D eigenvalue weighted by Crippen LogP contribution is -2.55. The molecular weight excluding hydrogens is 388 g/mol. The van der Waals surface area contributed by atoms with Crippen LogP contribution in [-0.2, 0) is 19.2 Å². The second-order valence-corrected chi connectivity index (χ2v) is 6.92. The lowest BCUT2D eigenvalue weighted by atomic mass is 10.2. The van der Waals surface area contributed by atoms with Gasteiger partial charge in [-0.05, 0) is 19.1 Å². The van der Waals surface area contributed by atoms with Crippen LogP contribution in [0.3, 0.4) is 0 Å². The summed E-state index contributed by atoms with van der Waals surface area (Å²) in [6.07, 6.45) is -0.656. The smallest absolute Gasteiger partial charge is 0.263 e. The van der Waals surface area contributed by atoms with Gasteiger partial charge in [-0.1, -0.05) is 0 Å². The van der Waals surface area contributed by atoms with Crippen LogP contribution in [0.5, 0.6) is 5.75 Å². The molecule has 8 nitrogen and oxygen atoms in total. The number of carbonyl (C=O) groups is 4.